The average Bonchev–Trinajstić information content (AvgIpc) is 2.18. The second-order valence-corrected chi connectivity index (χ2v) is 3.69. The summed E-state index contributed by atoms with van der Waals surface area (Å²) in [5.74, 6) is -0.837. The zero-order chi connectivity index (χ0) is 10.6. The highest BCUT2D eigenvalue weighted by Crippen LogP contribution is 2.19. The molecule has 0 radical (unpaired) electrons. The molecule has 0 bridgehead atoms. The molecule has 0 fully saturated rings. The minimum atomic E-state index is -0.837. The molecule has 0 aromatic heterocycles. The topological polar surface area (TPSA) is 37.3 Å². The monoisotopic (exact) mass is 256 g/mol. The molecular weight excluding hydrogens is 244 g/mol. The van der Waals surface area contributed by atoms with E-state index < -0.39 is 5.97 Å². The number of rotatable bonds is 4. The van der Waals surface area contributed by atoms with Crippen molar-refractivity contribution in [2.24, 2.45) is 0 Å². The SMILES string of the molecule is CCCc1c(CBr)cccc1C(=O)O. The van der Waals surface area contributed by atoms with E-state index in [9.17, 15) is 4.79 Å². The van der Waals surface area contributed by atoms with Gasteiger partial charge in [-0.3, -0.25) is 0 Å². The van der Waals surface area contributed by atoms with Crippen molar-refractivity contribution in [1.82, 2.24) is 0 Å². The van der Waals surface area contributed by atoms with Gasteiger partial charge in [0.05, 0.1) is 5.56 Å². The van der Waals surface area contributed by atoms with E-state index in [0.717, 1.165) is 24.0 Å². The lowest BCUT2D eigenvalue weighted by Crippen LogP contribution is -2.05. The van der Waals surface area contributed by atoms with Gasteiger partial charge in [0.25, 0.3) is 0 Å². The maximum atomic E-state index is 10.9. The zero-order valence-electron chi connectivity index (χ0n) is 8.09. The van der Waals surface area contributed by atoms with Crippen molar-refractivity contribution in [3.05, 3.63) is 34.9 Å². The highest BCUT2D eigenvalue weighted by atomic mass is 79.9. The Morgan fingerprint density at radius 1 is 1.50 bits per heavy atom. The van der Waals surface area contributed by atoms with Crippen LogP contribution >= 0.6 is 15.9 Å². The molecule has 0 aliphatic heterocycles. The Labute approximate surface area is 92.1 Å². The van der Waals surface area contributed by atoms with Crippen LogP contribution < -0.4 is 0 Å². The van der Waals surface area contributed by atoms with Crippen LogP contribution in [0.1, 0.15) is 34.8 Å². The summed E-state index contributed by atoms with van der Waals surface area (Å²) in [4.78, 5) is 10.9. The predicted molar refractivity (Wildman–Crippen MR) is 60.0 cm³/mol. The average molecular weight is 257 g/mol. The number of hydrogen-bond donors (Lipinski definition) is 1. The van der Waals surface area contributed by atoms with Crippen LogP contribution in [-0.4, -0.2) is 11.1 Å². The molecule has 0 atom stereocenters. The van der Waals surface area contributed by atoms with Crippen LogP contribution in [0.25, 0.3) is 0 Å². The van der Waals surface area contributed by atoms with Crippen molar-refractivity contribution < 1.29 is 9.90 Å². The van der Waals surface area contributed by atoms with E-state index >= 15 is 0 Å². The number of halogens is 1. The Morgan fingerprint density at radius 2 is 2.21 bits per heavy atom. The van der Waals surface area contributed by atoms with E-state index in [1.165, 1.54) is 0 Å². The smallest absolute Gasteiger partial charge is 0.335 e. The fourth-order valence-corrected chi connectivity index (χ4v) is 2.03. The third-order valence-electron chi connectivity index (χ3n) is 2.15. The maximum absolute atomic E-state index is 10.9. The normalized spacial score (nSPS) is 10.1. The quantitative estimate of drug-likeness (QED) is 0.841. The van der Waals surface area contributed by atoms with Gasteiger partial charge in [-0.15, -0.1) is 0 Å². The Kier molecular flexibility index (Phi) is 4.14. The van der Waals surface area contributed by atoms with Gasteiger partial charge < -0.3 is 5.11 Å². The number of aromatic carboxylic acids is 1. The number of carbonyl (C=O) groups is 1. The van der Waals surface area contributed by atoms with Gasteiger partial charge in [-0.25, -0.2) is 4.79 Å². The Bertz CT molecular complexity index is 334. The van der Waals surface area contributed by atoms with E-state index in [0.29, 0.717) is 10.9 Å². The van der Waals surface area contributed by atoms with E-state index in [-0.39, 0.29) is 0 Å². The van der Waals surface area contributed by atoms with E-state index in [4.69, 9.17) is 5.11 Å². The first-order valence-electron chi connectivity index (χ1n) is 4.60. The van der Waals surface area contributed by atoms with Crippen molar-refractivity contribution >= 4 is 21.9 Å². The molecule has 0 unspecified atom stereocenters. The standard InChI is InChI=1S/C11H13BrO2/c1-2-4-9-8(7-12)5-3-6-10(9)11(13)14/h3,5-6H,2,4,7H2,1H3,(H,13,14). The molecule has 1 aromatic rings. The number of alkyl halides is 1. The molecule has 14 heavy (non-hydrogen) atoms. The lowest BCUT2D eigenvalue weighted by atomic mass is 9.98. The number of carboxylic acid groups (broad SMARTS) is 1. The van der Waals surface area contributed by atoms with E-state index in [1.807, 2.05) is 6.07 Å². The summed E-state index contributed by atoms with van der Waals surface area (Å²) in [5, 5.41) is 9.71. The van der Waals surface area contributed by atoms with Crippen molar-refractivity contribution in [3.63, 3.8) is 0 Å². The first kappa shape index (κ1) is 11.2. The molecule has 0 spiro atoms. The largest absolute Gasteiger partial charge is 0.478 e. The summed E-state index contributed by atoms with van der Waals surface area (Å²) in [5.41, 5.74) is 2.47. The molecule has 1 N–H and O–H groups in total. The van der Waals surface area contributed by atoms with E-state index in [2.05, 4.69) is 22.9 Å². The van der Waals surface area contributed by atoms with Gasteiger partial charge in [0.15, 0.2) is 0 Å². The molecule has 76 valence electrons. The molecule has 0 aliphatic rings. The molecule has 0 saturated carbocycles. The third kappa shape index (κ3) is 2.35. The lowest BCUT2D eigenvalue weighted by molar-refractivity contribution is 0.0695. The van der Waals surface area contributed by atoms with Crippen LogP contribution in [-0.2, 0) is 11.8 Å². The number of carboxylic acids is 1. The summed E-state index contributed by atoms with van der Waals surface area (Å²) >= 11 is 3.37. The lowest BCUT2D eigenvalue weighted by Gasteiger charge is -2.09. The fraction of sp³-hybridized carbons (Fsp3) is 0.364. The summed E-state index contributed by atoms with van der Waals surface area (Å²) < 4.78 is 0. The predicted octanol–water partition coefficient (Wildman–Crippen LogP) is 3.23. The molecule has 0 amide bonds. The molecule has 1 aromatic carbocycles. The summed E-state index contributed by atoms with van der Waals surface area (Å²) in [6.07, 6.45) is 1.79. The van der Waals surface area contributed by atoms with Crippen LogP contribution in [0, 0.1) is 0 Å². The first-order valence-corrected chi connectivity index (χ1v) is 5.72. The van der Waals surface area contributed by atoms with Crippen LogP contribution in [0.2, 0.25) is 0 Å². The highest BCUT2D eigenvalue weighted by molar-refractivity contribution is 9.08. The molecule has 1 rings (SSSR count). The van der Waals surface area contributed by atoms with Gasteiger partial charge in [0.2, 0.25) is 0 Å². The minimum Gasteiger partial charge on any atom is -0.478 e. The molecule has 0 heterocycles. The Morgan fingerprint density at radius 3 is 2.71 bits per heavy atom. The number of hydrogen-bond acceptors (Lipinski definition) is 1. The van der Waals surface area contributed by atoms with Crippen molar-refractivity contribution in [1.29, 1.82) is 0 Å². The molecule has 0 aliphatic carbocycles. The number of benzene rings is 1. The molecule has 0 saturated heterocycles. The van der Waals surface area contributed by atoms with Gasteiger partial charge in [0.1, 0.15) is 0 Å². The minimum absolute atomic E-state index is 0.434. The van der Waals surface area contributed by atoms with Crippen LogP contribution in [0.15, 0.2) is 18.2 Å². The summed E-state index contributed by atoms with van der Waals surface area (Å²) in [6.45, 7) is 2.05. The highest BCUT2D eigenvalue weighted by Gasteiger charge is 2.11. The summed E-state index contributed by atoms with van der Waals surface area (Å²) in [7, 11) is 0. The first-order chi connectivity index (χ1) is 6.70. The van der Waals surface area contributed by atoms with Crippen molar-refractivity contribution in [3.8, 4) is 0 Å². The zero-order valence-corrected chi connectivity index (χ0v) is 9.67. The van der Waals surface area contributed by atoms with Crippen LogP contribution in [0.3, 0.4) is 0 Å². The van der Waals surface area contributed by atoms with Gasteiger partial charge >= 0.3 is 5.97 Å². The Balaban J connectivity index is 3.20. The van der Waals surface area contributed by atoms with Gasteiger partial charge in [0, 0.05) is 5.33 Å². The fourth-order valence-electron chi connectivity index (χ4n) is 1.51. The Hall–Kier alpha value is -0.830. The second-order valence-electron chi connectivity index (χ2n) is 3.13. The maximum Gasteiger partial charge on any atom is 0.335 e. The van der Waals surface area contributed by atoms with Crippen molar-refractivity contribution in [2.75, 3.05) is 0 Å². The second kappa shape index (κ2) is 5.15. The third-order valence-corrected chi connectivity index (χ3v) is 2.75. The van der Waals surface area contributed by atoms with Crippen molar-refractivity contribution in [2.45, 2.75) is 25.1 Å². The molecule has 3 heteroatoms. The van der Waals surface area contributed by atoms with Gasteiger partial charge in [-0.05, 0) is 23.6 Å². The van der Waals surface area contributed by atoms with Gasteiger partial charge in [-0.1, -0.05) is 41.4 Å². The van der Waals surface area contributed by atoms with Crippen LogP contribution in [0.5, 0.6) is 0 Å². The summed E-state index contributed by atoms with van der Waals surface area (Å²) in [6, 6.07) is 5.42. The van der Waals surface area contributed by atoms with Crippen LogP contribution in [0.4, 0.5) is 0 Å². The van der Waals surface area contributed by atoms with E-state index in [1.54, 1.807) is 12.1 Å². The molecule has 2 nitrogen and oxygen atoms in total. The van der Waals surface area contributed by atoms with Gasteiger partial charge in [-0.2, -0.15) is 0 Å². The molecular formula is C11H13BrO2.